The Bertz CT molecular complexity index is 844. The van der Waals surface area contributed by atoms with E-state index in [2.05, 4.69) is 51.5 Å². The van der Waals surface area contributed by atoms with Crippen LogP contribution in [0.3, 0.4) is 0 Å². The molecule has 0 atom stereocenters. The van der Waals surface area contributed by atoms with Crippen molar-refractivity contribution in [3.05, 3.63) is 39.8 Å². The molecule has 1 fully saturated rings. The fourth-order valence-electron chi connectivity index (χ4n) is 3.53. The molecule has 0 unspecified atom stereocenters. The molecule has 0 radical (unpaired) electrons. The van der Waals surface area contributed by atoms with Crippen LogP contribution >= 0.6 is 11.3 Å². The van der Waals surface area contributed by atoms with Crippen LogP contribution in [0.4, 0.5) is 0 Å². The maximum Gasteiger partial charge on any atom is 0.194 e. The van der Waals surface area contributed by atoms with Crippen molar-refractivity contribution < 1.29 is 9.47 Å². The number of nitrogens with one attached hydrogen (secondary N) is 1. The van der Waals surface area contributed by atoms with E-state index < -0.39 is 0 Å². The zero-order valence-electron chi connectivity index (χ0n) is 18.6. The summed E-state index contributed by atoms with van der Waals surface area (Å²) in [6.07, 6.45) is 0. The van der Waals surface area contributed by atoms with Crippen molar-refractivity contribution in [3.63, 3.8) is 0 Å². The molecular weight excluding hydrogens is 398 g/mol. The Morgan fingerprint density at radius 2 is 1.90 bits per heavy atom. The highest BCUT2D eigenvalue weighted by atomic mass is 32.1. The van der Waals surface area contributed by atoms with Crippen LogP contribution in [0.25, 0.3) is 0 Å². The van der Waals surface area contributed by atoms with Crippen molar-refractivity contribution in [2.24, 2.45) is 4.99 Å². The lowest BCUT2D eigenvalue weighted by atomic mass is 10.1. The third kappa shape index (κ3) is 5.64. The number of rotatable bonds is 7. The maximum atomic E-state index is 5.43. The van der Waals surface area contributed by atoms with Crippen LogP contribution in [-0.2, 0) is 13.1 Å². The maximum absolute atomic E-state index is 5.43. The summed E-state index contributed by atoms with van der Waals surface area (Å²) in [4.78, 5) is 14.0. The highest BCUT2D eigenvalue weighted by Crippen LogP contribution is 2.28. The van der Waals surface area contributed by atoms with E-state index >= 15 is 0 Å². The third-order valence-electron chi connectivity index (χ3n) is 5.23. The van der Waals surface area contributed by atoms with Crippen LogP contribution in [0.1, 0.15) is 36.0 Å². The number of piperazine rings is 1. The SMILES string of the molecule is CN=C(NCc1csc(C(C)C)n1)N1CCN(Cc2ccc(OC)c(OC)c2)CC1. The van der Waals surface area contributed by atoms with E-state index in [9.17, 15) is 0 Å². The van der Waals surface area contributed by atoms with Crippen LogP contribution in [0.2, 0.25) is 0 Å². The van der Waals surface area contributed by atoms with Gasteiger partial charge in [-0.05, 0) is 17.7 Å². The van der Waals surface area contributed by atoms with Gasteiger partial charge in [-0.25, -0.2) is 4.98 Å². The Balaban J connectivity index is 1.50. The summed E-state index contributed by atoms with van der Waals surface area (Å²) in [6, 6.07) is 6.14. The average Bonchev–Trinajstić information content (AvgIpc) is 3.24. The number of nitrogens with zero attached hydrogens (tertiary/aromatic N) is 4. The van der Waals surface area contributed by atoms with E-state index in [1.807, 2.05) is 13.1 Å². The number of aromatic nitrogens is 1. The number of benzene rings is 1. The fraction of sp³-hybridized carbons (Fsp3) is 0.545. The molecule has 1 aromatic heterocycles. The number of aliphatic imine (C=N–C) groups is 1. The van der Waals surface area contributed by atoms with Gasteiger partial charge in [0.2, 0.25) is 0 Å². The van der Waals surface area contributed by atoms with Gasteiger partial charge in [0.05, 0.1) is 31.5 Å². The molecule has 164 valence electrons. The highest BCUT2D eigenvalue weighted by molar-refractivity contribution is 7.09. The minimum Gasteiger partial charge on any atom is -0.493 e. The summed E-state index contributed by atoms with van der Waals surface area (Å²) in [5.74, 6) is 2.96. The van der Waals surface area contributed by atoms with Crippen LogP contribution < -0.4 is 14.8 Å². The molecule has 1 aliphatic rings. The summed E-state index contributed by atoms with van der Waals surface area (Å²) in [5.41, 5.74) is 2.31. The van der Waals surface area contributed by atoms with Crippen LogP contribution in [0.5, 0.6) is 11.5 Å². The lowest BCUT2D eigenvalue weighted by molar-refractivity contribution is 0.172. The standard InChI is InChI=1S/C22H33N5O2S/c1-16(2)21-25-18(15-30-21)13-24-22(23-3)27-10-8-26(9-11-27)14-17-6-7-19(28-4)20(12-17)29-5/h6-7,12,15-16H,8-11,13-14H2,1-5H3,(H,23,24). The molecule has 1 aliphatic heterocycles. The molecule has 1 N–H and O–H groups in total. The monoisotopic (exact) mass is 431 g/mol. The first-order chi connectivity index (χ1) is 14.5. The molecule has 0 bridgehead atoms. The van der Waals surface area contributed by atoms with Crippen molar-refractivity contribution >= 4 is 17.3 Å². The molecule has 2 aromatic rings. The second kappa shape index (κ2) is 10.6. The Labute approximate surface area is 183 Å². The van der Waals surface area contributed by atoms with Crippen molar-refractivity contribution in [1.82, 2.24) is 20.1 Å². The zero-order chi connectivity index (χ0) is 21.5. The van der Waals surface area contributed by atoms with Gasteiger partial charge in [0.15, 0.2) is 17.5 Å². The van der Waals surface area contributed by atoms with Gasteiger partial charge in [0.25, 0.3) is 0 Å². The van der Waals surface area contributed by atoms with Gasteiger partial charge in [-0.3, -0.25) is 9.89 Å². The number of methoxy groups -OCH3 is 2. The first-order valence-electron chi connectivity index (χ1n) is 10.4. The van der Waals surface area contributed by atoms with Crippen molar-refractivity contribution in [2.45, 2.75) is 32.9 Å². The van der Waals surface area contributed by atoms with Gasteiger partial charge < -0.3 is 19.7 Å². The van der Waals surface area contributed by atoms with Gasteiger partial charge in [-0.15, -0.1) is 11.3 Å². The normalized spacial score (nSPS) is 15.5. The molecule has 0 amide bonds. The fourth-order valence-corrected chi connectivity index (χ4v) is 4.36. The minimum atomic E-state index is 0.474. The van der Waals surface area contributed by atoms with E-state index in [1.54, 1.807) is 25.6 Å². The topological polar surface area (TPSA) is 62.2 Å². The van der Waals surface area contributed by atoms with Crippen LogP contribution in [0, 0.1) is 0 Å². The Hall–Kier alpha value is -2.32. The molecule has 0 spiro atoms. The predicted octanol–water partition coefficient (Wildman–Crippen LogP) is 3.18. The second-order valence-corrected chi connectivity index (χ2v) is 8.57. The smallest absolute Gasteiger partial charge is 0.194 e. The van der Waals surface area contributed by atoms with E-state index in [-0.39, 0.29) is 0 Å². The molecule has 30 heavy (non-hydrogen) atoms. The van der Waals surface area contributed by atoms with Crippen LogP contribution in [-0.4, -0.2) is 68.2 Å². The Morgan fingerprint density at radius 1 is 1.17 bits per heavy atom. The minimum absolute atomic E-state index is 0.474. The average molecular weight is 432 g/mol. The summed E-state index contributed by atoms with van der Waals surface area (Å²) < 4.78 is 10.8. The second-order valence-electron chi connectivity index (χ2n) is 7.69. The first-order valence-corrected chi connectivity index (χ1v) is 11.2. The molecule has 0 saturated carbocycles. The van der Waals surface area contributed by atoms with Crippen molar-refractivity contribution in [3.8, 4) is 11.5 Å². The molecule has 1 aromatic carbocycles. The van der Waals surface area contributed by atoms with E-state index in [0.717, 1.165) is 55.9 Å². The van der Waals surface area contributed by atoms with Crippen molar-refractivity contribution in [1.29, 1.82) is 0 Å². The number of hydrogen-bond acceptors (Lipinski definition) is 6. The van der Waals surface area contributed by atoms with Gasteiger partial charge >= 0.3 is 0 Å². The number of thiazole rings is 1. The van der Waals surface area contributed by atoms with E-state index in [4.69, 9.17) is 14.5 Å². The van der Waals surface area contributed by atoms with Gasteiger partial charge in [0.1, 0.15) is 0 Å². The van der Waals surface area contributed by atoms with Crippen molar-refractivity contribution in [2.75, 3.05) is 47.4 Å². The van der Waals surface area contributed by atoms with Crippen LogP contribution in [0.15, 0.2) is 28.6 Å². The predicted molar refractivity (Wildman–Crippen MR) is 123 cm³/mol. The molecular formula is C22H33N5O2S. The zero-order valence-corrected chi connectivity index (χ0v) is 19.5. The number of ether oxygens (including phenoxy) is 2. The molecule has 7 nitrogen and oxygen atoms in total. The molecule has 3 rings (SSSR count). The van der Waals surface area contributed by atoms with Gasteiger partial charge in [-0.1, -0.05) is 19.9 Å². The number of guanidine groups is 1. The largest absolute Gasteiger partial charge is 0.493 e. The first kappa shape index (κ1) is 22.4. The van der Waals surface area contributed by atoms with E-state index in [0.29, 0.717) is 12.5 Å². The third-order valence-corrected chi connectivity index (χ3v) is 6.42. The summed E-state index contributed by atoms with van der Waals surface area (Å²) in [7, 11) is 5.18. The lowest BCUT2D eigenvalue weighted by Gasteiger charge is -2.36. The number of hydrogen-bond donors (Lipinski definition) is 1. The summed E-state index contributed by atoms with van der Waals surface area (Å²) in [5, 5.41) is 6.79. The van der Waals surface area contributed by atoms with E-state index in [1.165, 1.54) is 10.6 Å². The molecule has 8 heteroatoms. The summed E-state index contributed by atoms with van der Waals surface area (Å²) >= 11 is 1.73. The Morgan fingerprint density at radius 3 is 2.50 bits per heavy atom. The lowest BCUT2D eigenvalue weighted by Crippen LogP contribution is -2.52. The molecule has 0 aliphatic carbocycles. The van der Waals surface area contributed by atoms with Gasteiger partial charge in [-0.2, -0.15) is 0 Å². The highest BCUT2D eigenvalue weighted by Gasteiger charge is 2.20. The molecule has 2 heterocycles. The van der Waals surface area contributed by atoms with Gasteiger partial charge in [0, 0.05) is 51.1 Å². The Kier molecular flexibility index (Phi) is 7.93. The summed E-state index contributed by atoms with van der Waals surface area (Å²) in [6.45, 7) is 9.83. The quantitative estimate of drug-likeness (QED) is 0.537. The molecule has 1 saturated heterocycles.